The third-order valence-electron chi connectivity index (χ3n) is 7.54. The van der Waals surface area contributed by atoms with Crippen molar-refractivity contribution < 1.29 is 4.79 Å². The van der Waals surface area contributed by atoms with Crippen molar-refractivity contribution in [1.82, 2.24) is 0 Å². The number of Topliss-reactive ketones (excluding diaryl/α,β-unsaturated/α-hetero) is 1. The van der Waals surface area contributed by atoms with Gasteiger partial charge in [0.15, 0.2) is 0 Å². The molecule has 0 unspecified atom stereocenters. The van der Waals surface area contributed by atoms with Crippen LogP contribution in [0.3, 0.4) is 0 Å². The molecule has 0 radical (unpaired) electrons. The fourth-order valence-electron chi connectivity index (χ4n) is 6.16. The van der Waals surface area contributed by atoms with E-state index in [1.54, 1.807) is 11.1 Å². The Kier molecular flexibility index (Phi) is 3.42. The topological polar surface area (TPSA) is 17.1 Å². The Labute approximate surface area is 150 Å². The van der Waals surface area contributed by atoms with Crippen molar-refractivity contribution in [2.45, 2.75) is 51.4 Å². The molecule has 2 fully saturated rings. The van der Waals surface area contributed by atoms with Crippen molar-refractivity contribution in [2.75, 3.05) is 0 Å². The Morgan fingerprint density at radius 3 is 2.60 bits per heavy atom. The van der Waals surface area contributed by atoms with E-state index in [4.69, 9.17) is 0 Å². The minimum absolute atomic E-state index is 0.0113. The third kappa shape index (κ3) is 2.25. The van der Waals surface area contributed by atoms with E-state index in [1.165, 1.54) is 30.4 Å². The molecule has 2 aromatic rings. The van der Waals surface area contributed by atoms with Crippen LogP contribution in [0, 0.1) is 17.3 Å². The average molecular weight is 330 g/mol. The van der Waals surface area contributed by atoms with Crippen molar-refractivity contribution in [3.05, 3.63) is 59.7 Å². The van der Waals surface area contributed by atoms with Gasteiger partial charge >= 0.3 is 0 Å². The van der Waals surface area contributed by atoms with Gasteiger partial charge in [-0.05, 0) is 72.1 Å². The number of rotatable bonds is 1. The van der Waals surface area contributed by atoms with Crippen LogP contribution in [0.15, 0.2) is 48.5 Å². The maximum absolute atomic E-state index is 12.5. The monoisotopic (exact) mass is 330 g/mol. The smallest absolute Gasteiger partial charge is 0.139 e. The summed E-state index contributed by atoms with van der Waals surface area (Å²) in [6.07, 6.45) is 6.69. The zero-order chi connectivity index (χ0) is 17.0. The van der Waals surface area contributed by atoms with Crippen LogP contribution < -0.4 is 0 Å². The van der Waals surface area contributed by atoms with Crippen molar-refractivity contribution in [3.8, 4) is 11.1 Å². The normalized spacial score (nSPS) is 33.5. The molecule has 0 heterocycles. The second-order valence-corrected chi connectivity index (χ2v) is 8.61. The van der Waals surface area contributed by atoms with Crippen LogP contribution in [0.2, 0.25) is 0 Å². The summed E-state index contributed by atoms with van der Waals surface area (Å²) in [5.41, 5.74) is 5.77. The number of benzene rings is 2. The van der Waals surface area contributed by atoms with E-state index in [0.717, 1.165) is 25.2 Å². The Hall–Kier alpha value is -1.89. The van der Waals surface area contributed by atoms with Gasteiger partial charge in [-0.25, -0.2) is 0 Å². The molecule has 0 aromatic heterocycles. The fraction of sp³-hybridized carbons (Fsp3) is 0.458. The fourth-order valence-corrected chi connectivity index (χ4v) is 6.16. The van der Waals surface area contributed by atoms with E-state index in [-0.39, 0.29) is 5.41 Å². The Balaban J connectivity index is 1.50. The van der Waals surface area contributed by atoms with E-state index in [1.807, 2.05) is 0 Å². The number of hydrogen-bond acceptors (Lipinski definition) is 1. The van der Waals surface area contributed by atoms with Crippen LogP contribution in [0.1, 0.15) is 56.1 Å². The molecule has 128 valence electrons. The summed E-state index contributed by atoms with van der Waals surface area (Å²) in [5, 5.41) is 0. The lowest BCUT2D eigenvalue weighted by Gasteiger charge is -2.48. The highest BCUT2D eigenvalue weighted by molar-refractivity contribution is 5.87. The first-order chi connectivity index (χ1) is 12.2. The summed E-state index contributed by atoms with van der Waals surface area (Å²) in [7, 11) is 0. The lowest BCUT2D eigenvalue weighted by Crippen LogP contribution is -2.42. The van der Waals surface area contributed by atoms with E-state index in [0.29, 0.717) is 17.6 Å². The number of aryl methyl sites for hydroxylation is 1. The van der Waals surface area contributed by atoms with Gasteiger partial charge in [-0.15, -0.1) is 0 Å². The third-order valence-corrected chi connectivity index (χ3v) is 7.54. The predicted molar refractivity (Wildman–Crippen MR) is 102 cm³/mol. The van der Waals surface area contributed by atoms with E-state index >= 15 is 0 Å². The maximum atomic E-state index is 12.5. The van der Waals surface area contributed by atoms with Crippen LogP contribution in [0.5, 0.6) is 0 Å². The van der Waals surface area contributed by atoms with Crippen LogP contribution in [0.4, 0.5) is 0 Å². The molecule has 2 saturated carbocycles. The Morgan fingerprint density at radius 2 is 1.76 bits per heavy atom. The van der Waals surface area contributed by atoms with Gasteiger partial charge in [0.1, 0.15) is 5.78 Å². The molecular weight excluding hydrogens is 304 g/mol. The molecule has 2 aromatic carbocycles. The molecule has 1 heteroatoms. The van der Waals surface area contributed by atoms with Gasteiger partial charge < -0.3 is 0 Å². The van der Waals surface area contributed by atoms with Gasteiger partial charge in [-0.1, -0.05) is 55.5 Å². The molecule has 0 N–H and O–H groups in total. The van der Waals surface area contributed by atoms with E-state index < -0.39 is 0 Å². The molecule has 25 heavy (non-hydrogen) atoms. The van der Waals surface area contributed by atoms with Crippen molar-refractivity contribution in [1.29, 1.82) is 0 Å². The van der Waals surface area contributed by atoms with Crippen molar-refractivity contribution in [3.63, 3.8) is 0 Å². The number of fused-ring (bicyclic) bond motifs is 5. The molecular formula is C24H26O. The predicted octanol–water partition coefficient (Wildman–Crippen LogP) is 5.78. The minimum atomic E-state index is -0.0113. The van der Waals surface area contributed by atoms with Crippen LogP contribution >= 0.6 is 0 Å². The van der Waals surface area contributed by atoms with Gasteiger partial charge in [0.05, 0.1) is 0 Å². The number of hydrogen-bond donors (Lipinski definition) is 0. The van der Waals surface area contributed by atoms with Gasteiger partial charge in [0.2, 0.25) is 0 Å². The zero-order valence-electron chi connectivity index (χ0n) is 15.0. The highest BCUT2D eigenvalue weighted by Crippen LogP contribution is 2.59. The minimum Gasteiger partial charge on any atom is -0.299 e. The molecule has 0 aliphatic heterocycles. The maximum Gasteiger partial charge on any atom is 0.139 e. The molecule has 0 saturated heterocycles. The molecule has 0 bridgehead atoms. The van der Waals surface area contributed by atoms with Crippen LogP contribution in [-0.2, 0) is 11.2 Å². The van der Waals surface area contributed by atoms with E-state index in [2.05, 4.69) is 55.5 Å². The quantitative estimate of drug-likeness (QED) is 0.648. The highest BCUT2D eigenvalue weighted by Gasteiger charge is 2.54. The highest BCUT2D eigenvalue weighted by atomic mass is 16.1. The lowest BCUT2D eigenvalue weighted by molar-refractivity contribution is -0.129. The summed E-state index contributed by atoms with van der Waals surface area (Å²) in [6, 6.07) is 17.8. The lowest BCUT2D eigenvalue weighted by atomic mass is 9.55. The molecule has 3 aliphatic carbocycles. The number of ketones is 1. The SMILES string of the molecule is C[C@]12CC[C@@H]3c4ccc(-c5ccccc5)cc4CC[C@H]3[C@@H]1CCC2=O. The van der Waals surface area contributed by atoms with Crippen LogP contribution in [0.25, 0.3) is 11.1 Å². The first-order valence-electron chi connectivity index (χ1n) is 9.88. The van der Waals surface area contributed by atoms with Gasteiger partial charge in [-0.2, -0.15) is 0 Å². The average Bonchev–Trinajstić information content (AvgIpc) is 2.97. The number of carbonyl (C=O) groups is 1. The first-order valence-corrected chi connectivity index (χ1v) is 9.88. The van der Waals surface area contributed by atoms with Gasteiger partial charge in [0, 0.05) is 11.8 Å². The summed E-state index contributed by atoms with van der Waals surface area (Å²) < 4.78 is 0. The van der Waals surface area contributed by atoms with Gasteiger partial charge in [0.25, 0.3) is 0 Å². The molecule has 5 rings (SSSR count). The van der Waals surface area contributed by atoms with Crippen molar-refractivity contribution >= 4 is 5.78 Å². The summed E-state index contributed by atoms with van der Waals surface area (Å²) in [6.45, 7) is 2.26. The summed E-state index contributed by atoms with van der Waals surface area (Å²) in [4.78, 5) is 12.5. The van der Waals surface area contributed by atoms with Gasteiger partial charge in [-0.3, -0.25) is 4.79 Å². The second-order valence-electron chi connectivity index (χ2n) is 8.61. The van der Waals surface area contributed by atoms with Crippen molar-refractivity contribution in [2.24, 2.45) is 17.3 Å². The summed E-state index contributed by atoms with van der Waals surface area (Å²) >= 11 is 0. The molecule has 4 atom stereocenters. The standard InChI is InChI=1S/C24H26O/c1-24-14-13-20-19-9-7-17(16-5-3-2-4-6-16)15-18(19)8-10-21(20)22(24)11-12-23(24)25/h2-7,9,15,20-22H,8,10-14H2,1H3/t20-,21-,22+,24+/m1/s1. The van der Waals surface area contributed by atoms with E-state index in [9.17, 15) is 4.79 Å². The molecule has 0 amide bonds. The van der Waals surface area contributed by atoms with Crippen LogP contribution in [-0.4, -0.2) is 5.78 Å². The molecule has 3 aliphatic rings. The number of carbonyl (C=O) groups excluding carboxylic acids is 1. The second kappa shape index (κ2) is 5.56. The molecule has 1 nitrogen and oxygen atoms in total. The first kappa shape index (κ1) is 15.4. The largest absolute Gasteiger partial charge is 0.299 e. The summed E-state index contributed by atoms with van der Waals surface area (Å²) in [5.74, 6) is 2.57. The zero-order valence-corrected chi connectivity index (χ0v) is 15.0. The Bertz CT molecular complexity index is 821. The molecule has 0 spiro atoms. The Morgan fingerprint density at radius 1 is 0.920 bits per heavy atom.